The fraction of sp³-hybridized carbons (Fsp3) is 0.692. The van der Waals surface area contributed by atoms with E-state index in [1.165, 1.54) is 23.7 Å². The average molecular weight is 270 g/mol. The van der Waals surface area contributed by atoms with Gasteiger partial charge in [0.1, 0.15) is 0 Å². The second kappa shape index (κ2) is 6.23. The van der Waals surface area contributed by atoms with E-state index in [4.69, 9.17) is 5.73 Å². The van der Waals surface area contributed by atoms with E-state index < -0.39 is 0 Å². The summed E-state index contributed by atoms with van der Waals surface area (Å²) in [5.41, 5.74) is 6.34. The van der Waals surface area contributed by atoms with Crippen LogP contribution >= 0.6 is 23.1 Å². The standard InChI is InChI=1S/C13H22N2S2/c1-3-11(14)13(12-5-4-7-17-12)15-6-8-16-10(2)9-15/h4-5,7,10-11,13H,3,6,8-9,14H2,1-2H3. The number of thioether (sulfide) groups is 1. The predicted molar refractivity (Wildman–Crippen MR) is 78.8 cm³/mol. The van der Waals surface area contributed by atoms with Gasteiger partial charge in [-0.1, -0.05) is 19.9 Å². The molecule has 2 N–H and O–H groups in total. The fourth-order valence-corrected chi connectivity index (χ4v) is 4.42. The Morgan fingerprint density at radius 3 is 3.00 bits per heavy atom. The van der Waals surface area contributed by atoms with Crippen LogP contribution < -0.4 is 5.73 Å². The van der Waals surface area contributed by atoms with Crippen molar-refractivity contribution >= 4 is 23.1 Å². The first kappa shape index (κ1) is 13.4. The number of thiophene rings is 1. The van der Waals surface area contributed by atoms with E-state index in [-0.39, 0.29) is 6.04 Å². The van der Waals surface area contributed by atoms with Crippen molar-refractivity contribution in [3.8, 4) is 0 Å². The number of nitrogens with two attached hydrogens (primary N) is 1. The van der Waals surface area contributed by atoms with Crippen molar-refractivity contribution in [3.63, 3.8) is 0 Å². The van der Waals surface area contributed by atoms with E-state index in [0.717, 1.165) is 11.7 Å². The Balaban J connectivity index is 2.15. The molecule has 0 radical (unpaired) electrons. The van der Waals surface area contributed by atoms with Crippen molar-refractivity contribution in [2.24, 2.45) is 5.73 Å². The topological polar surface area (TPSA) is 29.3 Å². The van der Waals surface area contributed by atoms with Crippen LogP contribution in [0.2, 0.25) is 0 Å². The zero-order valence-corrected chi connectivity index (χ0v) is 12.3. The maximum atomic E-state index is 6.34. The summed E-state index contributed by atoms with van der Waals surface area (Å²) in [5, 5.41) is 2.89. The van der Waals surface area contributed by atoms with Gasteiger partial charge in [-0.25, -0.2) is 0 Å². The highest BCUT2D eigenvalue weighted by Crippen LogP contribution is 2.32. The van der Waals surface area contributed by atoms with E-state index in [9.17, 15) is 0 Å². The zero-order chi connectivity index (χ0) is 12.3. The Kier molecular flexibility index (Phi) is 4.91. The third-order valence-corrected chi connectivity index (χ3v) is 5.46. The zero-order valence-electron chi connectivity index (χ0n) is 10.6. The summed E-state index contributed by atoms with van der Waals surface area (Å²) < 4.78 is 0. The summed E-state index contributed by atoms with van der Waals surface area (Å²) >= 11 is 3.92. The Morgan fingerprint density at radius 2 is 2.41 bits per heavy atom. The van der Waals surface area contributed by atoms with Gasteiger partial charge in [0.2, 0.25) is 0 Å². The Labute approximate surface area is 113 Å². The van der Waals surface area contributed by atoms with Gasteiger partial charge in [0.15, 0.2) is 0 Å². The van der Waals surface area contributed by atoms with Gasteiger partial charge < -0.3 is 5.73 Å². The second-order valence-electron chi connectivity index (χ2n) is 4.71. The van der Waals surface area contributed by atoms with E-state index in [1.807, 2.05) is 11.3 Å². The smallest absolute Gasteiger partial charge is 0.0594 e. The molecule has 1 fully saturated rings. The van der Waals surface area contributed by atoms with Crippen LogP contribution in [0.25, 0.3) is 0 Å². The molecule has 17 heavy (non-hydrogen) atoms. The second-order valence-corrected chi connectivity index (χ2v) is 7.23. The predicted octanol–water partition coefficient (Wildman–Crippen LogP) is 2.96. The van der Waals surface area contributed by atoms with Crippen molar-refractivity contribution in [3.05, 3.63) is 22.4 Å². The molecule has 2 rings (SSSR count). The van der Waals surface area contributed by atoms with Crippen LogP contribution in [0.5, 0.6) is 0 Å². The molecular weight excluding hydrogens is 248 g/mol. The molecule has 0 spiro atoms. The maximum Gasteiger partial charge on any atom is 0.0594 e. The van der Waals surface area contributed by atoms with Gasteiger partial charge in [0.25, 0.3) is 0 Å². The molecule has 2 heterocycles. The molecule has 0 bridgehead atoms. The monoisotopic (exact) mass is 270 g/mol. The number of hydrogen-bond acceptors (Lipinski definition) is 4. The van der Waals surface area contributed by atoms with Gasteiger partial charge in [-0.3, -0.25) is 4.90 Å². The Hall–Kier alpha value is -0.0300. The Bertz CT molecular complexity index is 326. The minimum atomic E-state index is 0.254. The van der Waals surface area contributed by atoms with Crippen LogP contribution in [0.15, 0.2) is 17.5 Å². The summed E-state index contributed by atoms with van der Waals surface area (Å²) in [4.78, 5) is 4.01. The van der Waals surface area contributed by atoms with Crippen LogP contribution in [0, 0.1) is 0 Å². The highest BCUT2D eigenvalue weighted by Gasteiger charge is 2.29. The molecule has 1 aromatic rings. The first-order chi connectivity index (χ1) is 8.22. The van der Waals surface area contributed by atoms with Gasteiger partial charge >= 0.3 is 0 Å². The van der Waals surface area contributed by atoms with E-state index in [1.54, 1.807) is 0 Å². The van der Waals surface area contributed by atoms with Crippen molar-refractivity contribution in [2.45, 2.75) is 37.6 Å². The third-order valence-electron chi connectivity index (χ3n) is 3.38. The molecule has 0 amide bonds. The first-order valence-electron chi connectivity index (χ1n) is 6.37. The molecule has 1 aliphatic rings. The summed E-state index contributed by atoms with van der Waals surface area (Å²) in [6, 6.07) is 5.04. The van der Waals surface area contributed by atoms with Crippen LogP contribution in [-0.4, -0.2) is 35.0 Å². The van der Waals surface area contributed by atoms with Gasteiger partial charge in [-0.05, 0) is 17.9 Å². The summed E-state index contributed by atoms with van der Waals surface area (Å²) in [6.07, 6.45) is 1.04. The molecule has 0 aromatic carbocycles. The van der Waals surface area contributed by atoms with Crippen LogP contribution in [0.1, 0.15) is 31.2 Å². The van der Waals surface area contributed by atoms with E-state index in [0.29, 0.717) is 6.04 Å². The fourth-order valence-electron chi connectivity index (χ4n) is 2.44. The highest BCUT2D eigenvalue weighted by atomic mass is 32.2. The lowest BCUT2D eigenvalue weighted by Gasteiger charge is -2.39. The molecular formula is C13H22N2S2. The average Bonchev–Trinajstić information content (AvgIpc) is 2.83. The number of nitrogens with zero attached hydrogens (tertiary/aromatic N) is 1. The maximum absolute atomic E-state index is 6.34. The summed E-state index contributed by atoms with van der Waals surface area (Å²) in [7, 11) is 0. The molecule has 3 unspecified atom stereocenters. The SMILES string of the molecule is CCC(N)C(c1cccs1)N1CCSC(C)C1. The molecule has 4 heteroatoms. The highest BCUT2D eigenvalue weighted by molar-refractivity contribution is 7.99. The van der Waals surface area contributed by atoms with Crippen LogP contribution in [-0.2, 0) is 0 Å². The van der Waals surface area contributed by atoms with Gasteiger partial charge in [-0.15, -0.1) is 11.3 Å². The van der Waals surface area contributed by atoms with Crippen LogP contribution in [0.4, 0.5) is 0 Å². The molecule has 1 saturated heterocycles. The molecule has 96 valence electrons. The molecule has 0 aliphatic carbocycles. The third kappa shape index (κ3) is 3.25. The Morgan fingerprint density at radius 1 is 1.59 bits per heavy atom. The van der Waals surface area contributed by atoms with Crippen molar-refractivity contribution in [1.29, 1.82) is 0 Å². The summed E-state index contributed by atoms with van der Waals surface area (Å²) in [6.45, 7) is 6.85. The quantitative estimate of drug-likeness (QED) is 0.912. The van der Waals surface area contributed by atoms with Crippen LogP contribution in [0.3, 0.4) is 0 Å². The molecule has 1 aromatic heterocycles. The molecule has 1 aliphatic heterocycles. The van der Waals surface area contributed by atoms with Gasteiger partial charge in [0.05, 0.1) is 6.04 Å². The lowest BCUT2D eigenvalue weighted by molar-refractivity contribution is 0.180. The molecule has 2 nitrogen and oxygen atoms in total. The van der Waals surface area contributed by atoms with Crippen molar-refractivity contribution < 1.29 is 0 Å². The minimum Gasteiger partial charge on any atom is -0.326 e. The van der Waals surface area contributed by atoms with Crippen molar-refractivity contribution in [2.75, 3.05) is 18.8 Å². The van der Waals surface area contributed by atoms with E-state index in [2.05, 4.69) is 48.0 Å². The normalized spacial score (nSPS) is 25.7. The number of rotatable bonds is 4. The minimum absolute atomic E-state index is 0.254. The molecule has 0 saturated carbocycles. The lowest BCUT2D eigenvalue weighted by atomic mass is 10.0. The van der Waals surface area contributed by atoms with Gasteiger partial charge in [0, 0.05) is 35.0 Å². The lowest BCUT2D eigenvalue weighted by Crippen LogP contribution is -2.46. The largest absolute Gasteiger partial charge is 0.326 e. The van der Waals surface area contributed by atoms with E-state index >= 15 is 0 Å². The van der Waals surface area contributed by atoms with Crippen molar-refractivity contribution in [1.82, 2.24) is 4.90 Å². The number of hydrogen-bond donors (Lipinski definition) is 1. The van der Waals surface area contributed by atoms with Gasteiger partial charge in [-0.2, -0.15) is 11.8 Å². The first-order valence-corrected chi connectivity index (χ1v) is 8.29. The summed E-state index contributed by atoms with van der Waals surface area (Å²) in [5.74, 6) is 1.24. The molecule has 3 atom stereocenters.